The number of amides is 1. The van der Waals surface area contributed by atoms with E-state index in [4.69, 9.17) is 9.47 Å². The molecule has 4 rings (SSSR count). The first-order valence-corrected chi connectivity index (χ1v) is 12.5. The molecule has 0 aromatic heterocycles. The predicted octanol–water partition coefficient (Wildman–Crippen LogP) is 2.99. The average molecular weight is 462 g/mol. The highest BCUT2D eigenvalue weighted by atomic mass is 32.2. The van der Waals surface area contributed by atoms with Crippen LogP contribution >= 0.6 is 0 Å². The largest absolute Gasteiger partial charge is 0.493 e. The topological polar surface area (TPSA) is 88.5 Å². The van der Waals surface area contributed by atoms with E-state index in [1.807, 2.05) is 4.90 Å². The SMILES string of the molecule is COc1ccc(C2=NS(=O)(=O)N(C)C(C(=O)N3CC[C@@H](C)[C@H]4CCCC[C@H]43)=C2)cc1OC. The summed E-state index contributed by atoms with van der Waals surface area (Å²) in [4.78, 5) is 15.6. The van der Waals surface area contributed by atoms with Gasteiger partial charge in [-0.05, 0) is 55.4 Å². The summed E-state index contributed by atoms with van der Waals surface area (Å²) in [5.74, 6) is 1.80. The van der Waals surface area contributed by atoms with Crippen LogP contribution in [0.2, 0.25) is 0 Å². The molecule has 2 heterocycles. The Kier molecular flexibility index (Phi) is 6.20. The Morgan fingerprint density at radius 1 is 1.09 bits per heavy atom. The van der Waals surface area contributed by atoms with E-state index in [0.717, 1.165) is 30.0 Å². The molecule has 0 spiro atoms. The van der Waals surface area contributed by atoms with Crippen LogP contribution in [0, 0.1) is 11.8 Å². The van der Waals surface area contributed by atoms with Crippen LogP contribution < -0.4 is 9.47 Å². The minimum Gasteiger partial charge on any atom is -0.493 e. The number of allylic oxidation sites excluding steroid dienone is 1. The van der Waals surface area contributed by atoms with E-state index < -0.39 is 10.2 Å². The van der Waals surface area contributed by atoms with Gasteiger partial charge in [-0.2, -0.15) is 8.42 Å². The van der Waals surface area contributed by atoms with Gasteiger partial charge in [-0.25, -0.2) is 4.31 Å². The second kappa shape index (κ2) is 8.77. The molecule has 1 aromatic carbocycles. The van der Waals surface area contributed by atoms with Gasteiger partial charge in [-0.3, -0.25) is 4.79 Å². The first-order chi connectivity index (χ1) is 15.3. The number of likely N-dealkylation sites (N-methyl/N-ethyl adjacent to an activating group) is 1. The number of likely N-dealkylation sites (tertiary alicyclic amines) is 1. The summed E-state index contributed by atoms with van der Waals surface area (Å²) < 4.78 is 41.2. The Hall–Kier alpha value is -2.55. The van der Waals surface area contributed by atoms with Crippen molar-refractivity contribution < 1.29 is 22.7 Å². The van der Waals surface area contributed by atoms with E-state index in [1.165, 1.54) is 27.7 Å². The fourth-order valence-corrected chi connectivity index (χ4v) is 6.11. The van der Waals surface area contributed by atoms with Crippen LogP contribution in [0.15, 0.2) is 34.4 Å². The lowest BCUT2D eigenvalue weighted by molar-refractivity contribution is -0.135. The van der Waals surface area contributed by atoms with Crippen molar-refractivity contribution >= 4 is 21.8 Å². The first kappa shape index (κ1) is 22.6. The van der Waals surface area contributed by atoms with Gasteiger partial charge in [0.05, 0.1) is 19.9 Å². The van der Waals surface area contributed by atoms with Crippen molar-refractivity contribution in [2.24, 2.45) is 16.2 Å². The van der Waals surface area contributed by atoms with Crippen molar-refractivity contribution in [2.75, 3.05) is 27.8 Å². The van der Waals surface area contributed by atoms with Gasteiger partial charge in [0.2, 0.25) is 0 Å². The maximum atomic E-state index is 13.7. The van der Waals surface area contributed by atoms with E-state index in [-0.39, 0.29) is 23.4 Å². The predicted molar refractivity (Wildman–Crippen MR) is 122 cm³/mol. The fourth-order valence-electron chi connectivity index (χ4n) is 5.20. The molecule has 1 aromatic rings. The molecular formula is C23H31N3O5S. The quantitative estimate of drug-likeness (QED) is 0.688. The molecule has 0 radical (unpaired) electrons. The van der Waals surface area contributed by atoms with Crippen molar-refractivity contribution in [2.45, 2.75) is 45.1 Å². The lowest BCUT2D eigenvalue weighted by atomic mass is 9.72. The average Bonchev–Trinajstić information content (AvgIpc) is 2.80. The fraction of sp³-hybridized carbons (Fsp3) is 0.565. The van der Waals surface area contributed by atoms with Crippen molar-refractivity contribution in [1.29, 1.82) is 0 Å². The minimum absolute atomic E-state index is 0.128. The summed E-state index contributed by atoms with van der Waals surface area (Å²) in [6.07, 6.45) is 6.90. The summed E-state index contributed by atoms with van der Waals surface area (Å²) in [5, 5.41) is 0. The molecule has 0 bridgehead atoms. The molecule has 2 aliphatic heterocycles. The first-order valence-electron chi connectivity index (χ1n) is 11.1. The second-order valence-corrected chi connectivity index (χ2v) is 10.4. The van der Waals surface area contributed by atoms with Crippen LogP contribution in [0.5, 0.6) is 11.5 Å². The Labute approximate surface area is 190 Å². The second-order valence-electron chi connectivity index (χ2n) is 8.80. The Balaban J connectivity index is 1.71. The zero-order valence-corrected chi connectivity index (χ0v) is 19.9. The van der Waals surface area contributed by atoms with Crippen LogP contribution in [0.1, 0.15) is 44.6 Å². The van der Waals surface area contributed by atoms with Crippen molar-refractivity contribution in [3.05, 3.63) is 35.5 Å². The number of ether oxygens (including phenoxy) is 2. The maximum absolute atomic E-state index is 13.7. The third-order valence-electron chi connectivity index (χ3n) is 7.07. The molecule has 1 amide bonds. The highest BCUT2D eigenvalue weighted by molar-refractivity contribution is 7.88. The molecule has 0 unspecified atom stereocenters. The monoisotopic (exact) mass is 461 g/mol. The highest BCUT2D eigenvalue weighted by Crippen LogP contribution is 2.40. The number of methoxy groups -OCH3 is 2. The zero-order chi connectivity index (χ0) is 23.0. The van der Waals surface area contributed by atoms with Gasteiger partial charge in [0.25, 0.3) is 5.91 Å². The van der Waals surface area contributed by atoms with E-state index >= 15 is 0 Å². The van der Waals surface area contributed by atoms with Gasteiger partial charge >= 0.3 is 10.2 Å². The molecule has 3 atom stereocenters. The summed E-state index contributed by atoms with van der Waals surface area (Å²) >= 11 is 0. The molecule has 0 N–H and O–H groups in total. The molecule has 3 aliphatic rings. The lowest BCUT2D eigenvalue weighted by Crippen LogP contribution is -2.54. The van der Waals surface area contributed by atoms with Gasteiger partial charge in [0.1, 0.15) is 5.70 Å². The molecule has 174 valence electrons. The van der Waals surface area contributed by atoms with Crippen molar-refractivity contribution in [1.82, 2.24) is 9.21 Å². The Morgan fingerprint density at radius 3 is 2.53 bits per heavy atom. The number of hydrogen-bond donors (Lipinski definition) is 0. The third-order valence-corrected chi connectivity index (χ3v) is 8.39. The summed E-state index contributed by atoms with van der Waals surface area (Å²) in [6.45, 7) is 2.91. The van der Waals surface area contributed by atoms with Crippen LogP contribution in [-0.4, -0.2) is 63.1 Å². The van der Waals surface area contributed by atoms with Gasteiger partial charge in [0, 0.05) is 25.2 Å². The lowest BCUT2D eigenvalue weighted by Gasteiger charge is -2.47. The normalized spacial score (nSPS) is 27.2. The van der Waals surface area contributed by atoms with Crippen LogP contribution in [0.25, 0.3) is 0 Å². The minimum atomic E-state index is -4.03. The van der Waals surface area contributed by atoms with E-state index in [2.05, 4.69) is 11.3 Å². The number of piperidine rings is 1. The van der Waals surface area contributed by atoms with E-state index in [0.29, 0.717) is 35.4 Å². The molecule has 1 aliphatic carbocycles. The molecule has 1 saturated heterocycles. The van der Waals surface area contributed by atoms with Crippen LogP contribution in [0.4, 0.5) is 0 Å². The molecule has 8 nitrogen and oxygen atoms in total. The number of nitrogens with zero attached hydrogens (tertiary/aromatic N) is 3. The van der Waals surface area contributed by atoms with Crippen LogP contribution in [0.3, 0.4) is 0 Å². The Bertz CT molecular complexity index is 1070. The Morgan fingerprint density at radius 2 is 1.81 bits per heavy atom. The number of hydrogen-bond acceptors (Lipinski definition) is 5. The van der Waals surface area contributed by atoms with E-state index in [9.17, 15) is 13.2 Å². The van der Waals surface area contributed by atoms with Gasteiger partial charge < -0.3 is 14.4 Å². The number of fused-ring (bicyclic) bond motifs is 1. The molecule has 32 heavy (non-hydrogen) atoms. The number of rotatable bonds is 4. The smallest absolute Gasteiger partial charge is 0.345 e. The summed E-state index contributed by atoms with van der Waals surface area (Å²) in [5.41, 5.74) is 0.870. The standard InChI is InChI=1S/C23H31N3O5S/c1-15-11-12-26(19-8-6-5-7-17(15)19)23(27)20-14-18(24-32(28,29)25(20)2)16-9-10-21(30-3)22(13-16)31-4/h9-10,13-15,17,19H,5-8,11-12H2,1-4H3/t15-,17-,19-/m1/s1. The van der Waals surface area contributed by atoms with Gasteiger partial charge in [0.15, 0.2) is 11.5 Å². The maximum Gasteiger partial charge on any atom is 0.345 e. The van der Waals surface area contributed by atoms with Crippen molar-refractivity contribution in [3.63, 3.8) is 0 Å². The van der Waals surface area contributed by atoms with Crippen LogP contribution in [-0.2, 0) is 15.0 Å². The van der Waals surface area contributed by atoms with E-state index in [1.54, 1.807) is 24.3 Å². The molecule has 2 fully saturated rings. The molecule has 1 saturated carbocycles. The highest BCUT2D eigenvalue weighted by Gasteiger charge is 2.42. The number of carbonyl (C=O) groups is 1. The third kappa shape index (κ3) is 3.98. The number of carbonyl (C=O) groups excluding carboxylic acids is 1. The van der Waals surface area contributed by atoms with Crippen molar-refractivity contribution in [3.8, 4) is 11.5 Å². The zero-order valence-electron chi connectivity index (χ0n) is 19.1. The van der Waals surface area contributed by atoms with Gasteiger partial charge in [-0.1, -0.05) is 19.8 Å². The molecule has 9 heteroatoms. The number of benzene rings is 1. The molecular weight excluding hydrogens is 430 g/mol. The summed E-state index contributed by atoms with van der Waals surface area (Å²) in [6, 6.07) is 5.23. The summed E-state index contributed by atoms with van der Waals surface area (Å²) in [7, 11) is 0.397. The van der Waals surface area contributed by atoms with Gasteiger partial charge in [-0.15, -0.1) is 4.40 Å².